The van der Waals surface area contributed by atoms with Crippen LogP contribution in [-0.2, 0) is 6.42 Å². The van der Waals surface area contributed by atoms with Crippen LogP contribution in [0.2, 0.25) is 10.0 Å². The maximum Gasteiger partial charge on any atom is 0.211 e. The van der Waals surface area contributed by atoms with Crippen molar-refractivity contribution in [3.8, 4) is 5.75 Å². The van der Waals surface area contributed by atoms with Gasteiger partial charge >= 0.3 is 0 Å². The predicted octanol–water partition coefficient (Wildman–Crippen LogP) is 5.57. The number of nitrogens with zero attached hydrogens (tertiary/aromatic N) is 4. The van der Waals surface area contributed by atoms with E-state index in [0.717, 1.165) is 23.4 Å². The van der Waals surface area contributed by atoms with E-state index in [1.807, 2.05) is 31.4 Å². The summed E-state index contributed by atoms with van der Waals surface area (Å²) in [6.07, 6.45) is 5.15. The molecule has 0 bridgehead atoms. The average Bonchev–Trinajstić information content (AvgIpc) is 3.08. The molecule has 0 radical (unpaired) electrons. The first-order valence-corrected chi connectivity index (χ1v) is 10.8. The fourth-order valence-corrected chi connectivity index (χ4v) is 3.61. The van der Waals surface area contributed by atoms with Gasteiger partial charge in [-0.2, -0.15) is 9.78 Å². The molecule has 0 amide bonds. The van der Waals surface area contributed by atoms with E-state index in [0.29, 0.717) is 34.0 Å². The molecule has 0 atom stereocenters. The largest absolute Gasteiger partial charge is 0.490 e. The van der Waals surface area contributed by atoms with Crippen molar-refractivity contribution in [3.63, 3.8) is 0 Å². The van der Waals surface area contributed by atoms with Gasteiger partial charge in [-0.25, -0.2) is 0 Å². The third-order valence-corrected chi connectivity index (χ3v) is 5.04. The van der Waals surface area contributed by atoms with E-state index in [2.05, 4.69) is 27.4 Å². The first-order chi connectivity index (χ1) is 13.6. The van der Waals surface area contributed by atoms with Gasteiger partial charge in [0.05, 0.1) is 22.9 Å². The molecule has 146 valence electrons. The lowest BCUT2D eigenvalue weighted by molar-refractivity contribution is 0.318. The van der Waals surface area contributed by atoms with Crippen LogP contribution in [0.1, 0.15) is 30.3 Å². The Hall–Kier alpha value is -2.02. The molecule has 5 nitrogen and oxygen atoms in total. The second kappa shape index (κ2) is 9.96. The molecule has 0 saturated carbocycles. The van der Waals surface area contributed by atoms with Crippen molar-refractivity contribution < 1.29 is 4.74 Å². The number of hydrogen-bond acceptors (Lipinski definition) is 5. The van der Waals surface area contributed by atoms with Crippen molar-refractivity contribution >= 4 is 41.2 Å². The molecule has 2 aromatic carbocycles. The minimum atomic E-state index is 0.459. The molecular weight excluding hydrogens is 415 g/mol. The predicted molar refractivity (Wildman–Crippen MR) is 116 cm³/mol. The number of hydrogen-bond donors (Lipinski definition) is 0. The molecule has 3 rings (SSSR count). The Labute approximate surface area is 178 Å². The SMILES string of the molecule is CCCOc1c(Cl)cc(/C=N\n2c(Cc3ccccc3)nnc2SC)cc1Cl. The highest BCUT2D eigenvalue weighted by atomic mass is 35.5. The van der Waals surface area contributed by atoms with Gasteiger partial charge in [0.2, 0.25) is 5.16 Å². The van der Waals surface area contributed by atoms with Crippen LogP contribution in [0.5, 0.6) is 5.75 Å². The zero-order valence-corrected chi connectivity index (χ0v) is 17.9. The standard InChI is InChI=1S/C20H20Cl2N4OS/c1-3-9-27-19-16(21)10-15(11-17(19)22)13-23-26-18(24-25-20(26)28-2)12-14-7-5-4-6-8-14/h4-8,10-11,13H,3,9,12H2,1-2H3/b23-13-. The smallest absolute Gasteiger partial charge is 0.211 e. The third-order valence-electron chi connectivity index (χ3n) is 3.86. The van der Waals surface area contributed by atoms with E-state index in [9.17, 15) is 0 Å². The lowest BCUT2D eigenvalue weighted by Crippen LogP contribution is -2.02. The molecule has 3 aromatic rings. The second-order valence-electron chi connectivity index (χ2n) is 5.98. The summed E-state index contributed by atoms with van der Waals surface area (Å²) in [6.45, 7) is 2.59. The Balaban J connectivity index is 1.87. The van der Waals surface area contributed by atoms with Crippen LogP contribution < -0.4 is 4.74 Å². The second-order valence-corrected chi connectivity index (χ2v) is 7.57. The molecule has 0 aliphatic heterocycles. The number of benzene rings is 2. The van der Waals surface area contributed by atoms with Crippen molar-refractivity contribution in [1.82, 2.24) is 14.9 Å². The Kier molecular flexibility index (Phi) is 7.36. The first kappa shape index (κ1) is 20.7. The molecule has 8 heteroatoms. The van der Waals surface area contributed by atoms with Crippen LogP contribution in [0.4, 0.5) is 0 Å². The molecule has 0 saturated heterocycles. The Morgan fingerprint density at radius 3 is 2.50 bits per heavy atom. The number of ether oxygens (including phenoxy) is 1. The van der Waals surface area contributed by atoms with Gasteiger partial charge in [0, 0.05) is 6.42 Å². The van der Waals surface area contributed by atoms with E-state index < -0.39 is 0 Å². The van der Waals surface area contributed by atoms with E-state index in [-0.39, 0.29) is 0 Å². The molecule has 28 heavy (non-hydrogen) atoms. The van der Waals surface area contributed by atoms with Gasteiger partial charge in [-0.1, -0.05) is 72.2 Å². The number of aromatic nitrogens is 3. The van der Waals surface area contributed by atoms with E-state index in [1.165, 1.54) is 11.8 Å². The highest BCUT2D eigenvalue weighted by Gasteiger charge is 2.12. The molecule has 1 heterocycles. The van der Waals surface area contributed by atoms with Gasteiger partial charge in [-0.05, 0) is 35.9 Å². The van der Waals surface area contributed by atoms with E-state index >= 15 is 0 Å². The molecule has 1 aromatic heterocycles. The summed E-state index contributed by atoms with van der Waals surface area (Å²) in [7, 11) is 0. The summed E-state index contributed by atoms with van der Waals surface area (Å²) in [5.41, 5.74) is 1.91. The van der Waals surface area contributed by atoms with Crippen LogP contribution in [0.25, 0.3) is 0 Å². The summed E-state index contributed by atoms with van der Waals surface area (Å²) >= 11 is 14.1. The van der Waals surface area contributed by atoms with Crippen LogP contribution in [-0.4, -0.2) is 34.0 Å². The van der Waals surface area contributed by atoms with Crippen LogP contribution in [0.15, 0.2) is 52.7 Å². The minimum absolute atomic E-state index is 0.459. The van der Waals surface area contributed by atoms with Gasteiger partial charge in [-0.15, -0.1) is 10.2 Å². The number of rotatable bonds is 8. The maximum absolute atomic E-state index is 6.32. The number of halogens is 2. The summed E-state index contributed by atoms with van der Waals surface area (Å²) in [5.74, 6) is 1.26. The zero-order chi connectivity index (χ0) is 19.9. The molecule has 0 aliphatic rings. The lowest BCUT2D eigenvalue weighted by Gasteiger charge is -2.09. The van der Waals surface area contributed by atoms with E-state index in [4.69, 9.17) is 27.9 Å². The zero-order valence-electron chi connectivity index (χ0n) is 15.6. The van der Waals surface area contributed by atoms with Crippen LogP contribution >= 0.6 is 35.0 Å². The Morgan fingerprint density at radius 2 is 1.86 bits per heavy atom. The molecule has 0 fully saturated rings. The lowest BCUT2D eigenvalue weighted by atomic mass is 10.1. The summed E-state index contributed by atoms with van der Waals surface area (Å²) in [5, 5.41) is 14.7. The highest BCUT2D eigenvalue weighted by molar-refractivity contribution is 7.98. The maximum atomic E-state index is 6.32. The fourth-order valence-electron chi connectivity index (χ4n) is 2.55. The van der Waals surface area contributed by atoms with Crippen molar-refractivity contribution in [3.05, 3.63) is 69.5 Å². The summed E-state index contributed by atoms with van der Waals surface area (Å²) < 4.78 is 7.34. The minimum Gasteiger partial charge on any atom is -0.490 e. The van der Waals surface area contributed by atoms with Gasteiger partial charge in [-0.3, -0.25) is 0 Å². The molecule has 0 aliphatic carbocycles. The van der Waals surface area contributed by atoms with Crippen molar-refractivity contribution in [2.24, 2.45) is 5.10 Å². The van der Waals surface area contributed by atoms with Crippen molar-refractivity contribution in [2.45, 2.75) is 24.9 Å². The normalized spacial score (nSPS) is 11.3. The first-order valence-electron chi connectivity index (χ1n) is 8.80. The van der Waals surface area contributed by atoms with Crippen LogP contribution in [0.3, 0.4) is 0 Å². The van der Waals surface area contributed by atoms with Crippen LogP contribution in [0, 0.1) is 0 Å². The van der Waals surface area contributed by atoms with Gasteiger partial charge in [0.1, 0.15) is 0 Å². The molecule has 0 unspecified atom stereocenters. The van der Waals surface area contributed by atoms with Crippen molar-refractivity contribution in [1.29, 1.82) is 0 Å². The third kappa shape index (κ3) is 5.07. The summed E-state index contributed by atoms with van der Waals surface area (Å²) in [4.78, 5) is 0. The highest BCUT2D eigenvalue weighted by Crippen LogP contribution is 2.34. The van der Waals surface area contributed by atoms with Gasteiger partial charge < -0.3 is 4.74 Å². The Bertz CT molecular complexity index is 937. The average molecular weight is 435 g/mol. The quantitative estimate of drug-likeness (QED) is 0.343. The van der Waals surface area contributed by atoms with Gasteiger partial charge in [0.15, 0.2) is 11.6 Å². The Morgan fingerprint density at radius 1 is 1.14 bits per heavy atom. The summed E-state index contributed by atoms with van der Waals surface area (Å²) in [6, 6.07) is 13.7. The molecular formula is C20H20Cl2N4OS. The fraction of sp³-hybridized carbons (Fsp3) is 0.250. The number of thioether (sulfide) groups is 1. The van der Waals surface area contributed by atoms with E-state index in [1.54, 1.807) is 23.0 Å². The topological polar surface area (TPSA) is 52.3 Å². The molecule has 0 spiro atoms. The van der Waals surface area contributed by atoms with Crippen molar-refractivity contribution in [2.75, 3.05) is 12.9 Å². The molecule has 0 N–H and O–H groups in total. The monoisotopic (exact) mass is 434 g/mol. The van der Waals surface area contributed by atoms with Gasteiger partial charge in [0.25, 0.3) is 0 Å².